The molecule has 0 saturated heterocycles. The third-order valence-corrected chi connectivity index (χ3v) is 3.65. The van der Waals surface area contributed by atoms with Crippen molar-refractivity contribution in [3.8, 4) is 5.75 Å². The SMILES string of the molecule is COCCC(C)(C)CNC(=O)C1CNc2ccccc2O1. The van der Waals surface area contributed by atoms with Crippen molar-refractivity contribution in [3.63, 3.8) is 0 Å². The van der Waals surface area contributed by atoms with E-state index >= 15 is 0 Å². The number of rotatable bonds is 6. The minimum atomic E-state index is -0.488. The number of benzene rings is 1. The monoisotopic (exact) mass is 292 g/mol. The second kappa shape index (κ2) is 6.80. The van der Waals surface area contributed by atoms with Crippen LogP contribution in [0.25, 0.3) is 0 Å². The zero-order valence-electron chi connectivity index (χ0n) is 12.9. The van der Waals surface area contributed by atoms with Gasteiger partial charge in [0.1, 0.15) is 5.75 Å². The maximum absolute atomic E-state index is 12.2. The van der Waals surface area contributed by atoms with E-state index in [2.05, 4.69) is 24.5 Å². The Morgan fingerprint density at radius 2 is 2.24 bits per heavy atom. The first-order valence-corrected chi connectivity index (χ1v) is 7.28. The Bertz CT molecular complexity index is 488. The quantitative estimate of drug-likeness (QED) is 0.842. The van der Waals surface area contributed by atoms with Gasteiger partial charge in [0.05, 0.1) is 12.2 Å². The van der Waals surface area contributed by atoms with Gasteiger partial charge in [-0.1, -0.05) is 26.0 Å². The van der Waals surface area contributed by atoms with E-state index in [1.54, 1.807) is 7.11 Å². The minimum absolute atomic E-state index is 0.00563. The highest BCUT2D eigenvalue weighted by Crippen LogP contribution is 2.28. The van der Waals surface area contributed by atoms with Crippen LogP contribution in [-0.4, -0.2) is 38.8 Å². The number of fused-ring (bicyclic) bond motifs is 1. The summed E-state index contributed by atoms with van der Waals surface area (Å²) in [5, 5.41) is 6.19. The van der Waals surface area contributed by atoms with Crippen LogP contribution in [0.15, 0.2) is 24.3 Å². The summed E-state index contributed by atoms with van der Waals surface area (Å²) in [6.07, 6.45) is 0.411. The summed E-state index contributed by atoms with van der Waals surface area (Å²) in [7, 11) is 1.69. The van der Waals surface area contributed by atoms with Gasteiger partial charge in [-0.25, -0.2) is 0 Å². The van der Waals surface area contributed by atoms with E-state index in [0.29, 0.717) is 19.7 Å². The predicted octanol–water partition coefficient (Wildman–Crippen LogP) is 2.04. The van der Waals surface area contributed by atoms with E-state index in [1.165, 1.54) is 0 Å². The van der Waals surface area contributed by atoms with Crippen molar-refractivity contribution in [1.82, 2.24) is 5.32 Å². The molecule has 1 unspecified atom stereocenters. The predicted molar refractivity (Wildman–Crippen MR) is 82.6 cm³/mol. The lowest BCUT2D eigenvalue weighted by Gasteiger charge is -2.29. The fourth-order valence-electron chi connectivity index (χ4n) is 2.17. The molecule has 0 aliphatic carbocycles. The summed E-state index contributed by atoms with van der Waals surface area (Å²) in [4.78, 5) is 12.2. The van der Waals surface area contributed by atoms with E-state index in [0.717, 1.165) is 17.9 Å². The first-order valence-electron chi connectivity index (χ1n) is 7.28. The van der Waals surface area contributed by atoms with Gasteiger partial charge in [-0.3, -0.25) is 4.79 Å². The Labute approximate surface area is 126 Å². The Kier molecular flexibility index (Phi) is 5.07. The number of amides is 1. The smallest absolute Gasteiger partial charge is 0.262 e. The van der Waals surface area contributed by atoms with Gasteiger partial charge in [0.2, 0.25) is 0 Å². The molecular formula is C16H24N2O3. The van der Waals surface area contributed by atoms with Crippen molar-refractivity contribution in [1.29, 1.82) is 0 Å². The van der Waals surface area contributed by atoms with Crippen LogP contribution in [0.3, 0.4) is 0 Å². The maximum atomic E-state index is 12.2. The van der Waals surface area contributed by atoms with Crippen molar-refractivity contribution in [2.24, 2.45) is 5.41 Å². The number of anilines is 1. The Hall–Kier alpha value is -1.75. The van der Waals surface area contributed by atoms with E-state index < -0.39 is 6.10 Å². The molecule has 0 aromatic heterocycles. The van der Waals surface area contributed by atoms with Crippen molar-refractivity contribution < 1.29 is 14.3 Å². The summed E-state index contributed by atoms with van der Waals surface area (Å²) in [5.74, 6) is 0.644. The summed E-state index contributed by atoms with van der Waals surface area (Å²) in [6, 6.07) is 7.64. The van der Waals surface area contributed by atoms with Crippen molar-refractivity contribution in [3.05, 3.63) is 24.3 Å². The molecule has 0 saturated carbocycles. The highest BCUT2D eigenvalue weighted by molar-refractivity contribution is 5.83. The fourth-order valence-corrected chi connectivity index (χ4v) is 2.17. The van der Waals surface area contributed by atoms with E-state index in [4.69, 9.17) is 9.47 Å². The molecule has 0 fully saturated rings. The molecule has 5 nitrogen and oxygen atoms in total. The molecule has 0 bridgehead atoms. The summed E-state index contributed by atoms with van der Waals surface area (Å²) in [5.41, 5.74) is 0.938. The maximum Gasteiger partial charge on any atom is 0.262 e. The van der Waals surface area contributed by atoms with Gasteiger partial charge in [0.25, 0.3) is 5.91 Å². The zero-order valence-corrected chi connectivity index (χ0v) is 12.9. The number of carbonyl (C=O) groups is 1. The first-order chi connectivity index (χ1) is 10.0. The molecule has 1 amide bonds. The van der Waals surface area contributed by atoms with Crippen LogP contribution in [0.5, 0.6) is 5.75 Å². The van der Waals surface area contributed by atoms with Crippen LogP contribution in [0.4, 0.5) is 5.69 Å². The van der Waals surface area contributed by atoms with Crippen LogP contribution >= 0.6 is 0 Å². The van der Waals surface area contributed by atoms with Crippen molar-refractivity contribution in [2.75, 3.05) is 32.1 Å². The second-order valence-electron chi connectivity index (χ2n) is 6.11. The molecule has 0 spiro atoms. The number of carbonyl (C=O) groups excluding carboxylic acids is 1. The summed E-state index contributed by atoms with van der Waals surface area (Å²) >= 11 is 0. The Morgan fingerprint density at radius 3 is 3.00 bits per heavy atom. The molecule has 1 aromatic rings. The molecule has 116 valence electrons. The summed E-state index contributed by atoms with van der Waals surface area (Å²) < 4.78 is 10.8. The lowest BCUT2D eigenvalue weighted by atomic mass is 9.89. The number of para-hydroxylation sites is 2. The van der Waals surface area contributed by atoms with Gasteiger partial charge in [-0.05, 0) is 24.0 Å². The van der Waals surface area contributed by atoms with E-state index in [9.17, 15) is 4.79 Å². The van der Waals surface area contributed by atoms with Crippen molar-refractivity contribution >= 4 is 11.6 Å². The molecule has 1 aromatic carbocycles. The molecular weight excluding hydrogens is 268 g/mol. The van der Waals surface area contributed by atoms with Gasteiger partial charge >= 0.3 is 0 Å². The lowest BCUT2D eigenvalue weighted by molar-refractivity contribution is -0.128. The molecule has 1 aliphatic rings. The van der Waals surface area contributed by atoms with E-state index in [1.807, 2.05) is 24.3 Å². The van der Waals surface area contributed by atoms with Crippen molar-refractivity contribution in [2.45, 2.75) is 26.4 Å². The number of hydrogen-bond acceptors (Lipinski definition) is 4. The Morgan fingerprint density at radius 1 is 1.48 bits per heavy atom. The lowest BCUT2D eigenvalue weighted by Crippen LogP contribution is -2.47. The number of nitrogens with one attached hydrogen (secondary N) is 2. The van der Waals surface area contributed by atoms with Crippen LogP contribution in [-0.2, 0) is 9.53 Å². The average molecular weight is 292 g/mol. The van der Waals surface area contributed by atoms with Gasteiger partial charge in [0, 0.05) is 20.3 Å². The largest absolute Gasteiger partial charge is 0.477 e. The van der Waals surface area contributed by atoms with Crippen LogP contribution in [0.1, 0.15) is 20.3 Å². The standard InChI is InChI=1S/C16H24N2O3/c1-16(2,8-9-20-3)11-18-15(19)14-10-17-12-6-4-5-7-13(12)21-14/h4-7,14,17H,8-11H2,1-3H3,(H,18,19). The molecule has 2 rings (SSSR count). The van der Waals surface area contributed by atoms with Gasteiger partial charge in [-0.2, -0.15) is 0 Å². The topological polar surface area (TPSA) is 59.6 Å². The van der Waals surface area contributed by atoms with Crippen LogP contribution in [0, 0.1) is 5.41 Å². The van der Waals surface area contributed by atoms with Gasteiger partial charge in [-0.15, -0.1) is 0 Å². The molecule has 5 heteroatoms. The molecule has 1 atom stereocenters. The van der Waals surface area contributed by atoms with Crippen LogP contribution < -0.4 is 15.4 Å². The number of hydrogen-bond donors (Lipinski definition) is 2. The average Bonchev–Trinajstić information content (AvgIpc) is 2.50. The van der Waals surface area contributed by atoms with Crippen LogP contribution in [0.2, 0.25) is 0 Å². The normalized spacial score (nSPS) is 17.4. The van der Waals surface area contributed by atoms with Gasteiger partial charge < -0.3 is 20.1 Å². The second-order valence-corrected chi connectivity index (χ2v) is 6.11. The summed E-state index contributed by atoms with van der Waals surface area (Å²) in [6.45, 7) is 6.01. The van der Waals surface area contributed by atoms with E-state index in [-0.39, 0.29) is 11.3 Å². The zero-order chi connectivity index (χ0) is 15.3. The molecule has 0 radical (unpaired) electrons. The third-order valence-electron chi connectivity index (χ3n) is 3.65. The first kappa shape index (κ1) is 15.6. The molecule has 1 heterocycles. The highest BCUT2D eigenvalue weighted by Gasteiger charge is 2.27. The number of methoxy groups -OCH3 is 1. The minimum Gasteiger partial charge on any atom is -0.477 e. The van der Waals surface area contributed by atoms with Gasteiger partial charge in [0.15, 0.2) is 6.10 Å². The molecule has 2 N–H and O–H groups in total. The highest BCUT2D eigenvalue weighted by atomic mass is 16.5. The molecule has 1 aliphatic heterocycles. The number of ether oxygens (including phenoxy) is 2. The fraction of sp³-hybridized carbons (Fsp3) is 0.562. The Balaban J connectivity index is 1.85. The third kappa shape index (κ3) is 4.36. The molecule has 21 heavy (non-hydrogen) atoms.